The fourth-order valence-corrected chi connectivity index (χ4v) is 5.38. The normalized spacial score (nSPS) is 13.5. The molecule has 0 aliphatic carbocycles. The van der Waals surface area contributed by atoms with Gasteiger partial charge in [0, 0.05) is 38.8 Å². The first-order valence-corrected chi connectivity index (χ1v) is 14.8. The molecule has 1 heterocycles. The van der Waals surface area contributed by atoms with Gasteiger partial charge in [-0.3, -0.25) is 0 Å². The molecule has 2 aromatic carbocycles. The molecule has 2 aromatic rings. The summed E-state index contributed by atoms with van der Waals surface area (Å²) in [5.74, 6) is 0. The number of benzene rings is 2. The third-order valence-corrected chi connectivity index (χ3v) is 7.46. The van der Waals surface area contributed by atoms with Crippen molar-refractivity contribution in [3.05, 3.63) is 87.5 Å². The van der Waals surface area contributed by atoms with Crippen LogP contribution in [-0.4, -0.2) is 4.70 Å². The van der Waals surface area contributed by atoms with Crippen LogP contribution in [0.3, 0.4) is 0 Å². The van der Waals surface area contributed by atoms with Gasteiger partial charge < -0.3 is 5.53 Å². The Morgan fingerprint density at radius 2 is 0.973 bits per heavy atom. The van der Waals surface area contributed by atoms with Gasteiger partial charge in [-0.15, -0.1) is 0 Å². The van der Waals surface area contributed by atoms with Gasteiger partial charge in [-0.2, -0.15) is 0 Å². The van der Waals surface area contributed by atoms with E-state index >= 15 is 0 Å². The molecule has 0 spiro atoms. The second kappa shape index (κ2) is 16.8. The van der Waals surface area contributed by atoms with Crippen LogP contribution in [0.25, 0.3) is 16.9 Å². The Morgan fingerprint density at radius 3 is 1.43 bits per heavy atom. The van der Waals surface area contributed by atoms with Crippen molar-refractivity contribution in [3.63, 3.8) is 0 Å². The van der Waals surface area contributed by atoms with E-state index in [1.165, 1.54) is 73.6 Å². The van der Waals surface area contributed by atoms with Gasteiger partial charge in [0.05, 0.1) is 0 Å². The van der Waals surface area contributed by atoms with Crippen molar-refractivity contribution in [2.24, 2.45) is 0 Å². The van der Waals surface area contributed by atoms with Crippen LogP contribution in [-0.2, 0) is 29.3 Å². The average Bonchev–Trinajstić information content (AvgIpc) is 3.18. The summed E-state index contributed by atoms with van der Waals surface area (Å²) in [5, 5.41) is 0. The molecule has 0 aromatic heterocycles. The van der Waals surface area contributed by atoms with E-state index in [-0.39, 0.29) is 16.5 Å². The van der Waals surface area contributed by atoms with Gasteiger partial charge in [-0.1, -0.05) is 90.5 Å². The maximum atomic E-state index is 11.8. The molecule has 0 bridgehead atoms. The molecule has 0 saturated carbocycles. The SMILES string of the molecule is CCCCCCC1=C(c2cccc(CCCC)c2)[N+](=[N-])C(c2cccc(CCCC)c2)=C1CCCC.[Ni]. The monoisotopic (exact) mass is 542 g/mol. The number of nitrogens with zero attached hydrogens (tertiary/aromatic N) is 2. The molecule has 0 N–H and O–H groups in total. The average molecular weight is 543 g/mol. The molecule has 0 atom stereocenters. The summed E-state index contributed by atoms with van der Waals surface area (Å²) >= 11 is 0. The number of hydrogen-bond acceptors (Lipinski definition) is 0. The quantitative estimate of drug-likeness (QED) is 0.114. The number of hydrogen-bond donors (Lipinski definition) is 0. The maximum absolute atomic E-state index is 11.8. The van der Waals surface area contributed by atoms with Crippen LogP contribution in [0.5, 0.6) is 0 Å². The fourth-order valence-electron chi connectivity index (χ4n) is 5.38. The minimum Gasteiger partial charge on any atom is -0.493 e. The van der Waals surface area contributed by atoms with E-state index < -0.39 is 0 Å². The molecular weight excluding hydrogens is 495 g/mol. The zero-order chi connectivity index (χ0) is 25.8. The van der Waals surface area contributed by atoms with Crippen LogP contribution in [0.4, 0.5) is 0 Å². The molecule has 0 amide bonds. The third kappa shape index (κ3) is 8.51. The topological polar surface area (TPSA) is 25.3 Å². The molecular formula is C34H48N2Ni. The van der Waals surface area contributed by atoms with Gasteiger partial charge in [0.2, 0.25) is 11.4 Å². The van der Waals surface area contributed by atoms with Crippen LogP contribution in [0.1, 0.15) is 127 Å². The maximum Gasteiger partial charge on any atom is 0.211 e. The molecule has 1 aliphatic rings. The molecule has 2 nitrogen and oxygen atoms in total. The van der Waals surface area contributed by atoms with E-state index in [9.17, 15) is 5.53 Å². The van der Waals surface area contributed by atoms with Crippen LogP contribution in [0, 0.1) is 0 Å². The van der Waals surface area contributed by atoms with Crippen molar-refractivity contribution in [2.75, 3.05) is 0 Å². The first-order valence-electron chi connectivity index (χ1n) is 14.8. The van der Waals surface area contributed by atoms with E-state index in [1.807, 2.05) is 0 Å². The first kappa shape index (κ1) is 31.2. The van der Waals surface area contributed by atoms with Gasteiger partial charge in [-0.25, -0.2) is 4.70 Å². The van der Waals surface area contributed by atoms with Crippen molar-refractivity contribution in [2.45, 2.75) is 118 Å². The van der Waals surface area contributed by atoms with E-state index in [0.717, 1.165) is 61.0 Å². The summed E-state index contributed by atoms with van der Waals surface area (Å²) in [5.41, 5.74) is 21.6. The molecule has 0 radical (unpaired) electrons. The molecule has 1 aliphatic heterocycles. The number of allylic oxidation sites excluding steroid dienone is 2. The Balaban J connectivity index is 0.00000481. The number of rotatable bonds is 16. The molecule has 3 rings (SSSR count). The predicted octanol–water partition coefficient (Wildman–Crippen LogP) is 10.7. The van der Waals surface area contributed by atoms with E-state index in [4.69, 9.17) is 0 Å². The van der Waals surface area contributed by atoms with Crippen LogP contribution in [0.15, 0.2) is 59.7 Å². The third-order valence-electron chi connectivity index (χ3n) is 7.46. The summed E-state index contributed by atoms with van der Waals surface area (Å²) in [6.07, 6.45) is 16.3. The van der Waals surface area contributed by atoms with Gasteiger partial charge in [0.15, 0.2) is 0 Å². The first-order chi connectivity index (χ1) is 17.6. The Kier molecular flexibility index (Phi) is 14.2. The molecule has 3 heteroatoms. The second-order valence-corrected chi connectivity index (χ2v) is 10.5. The standard InChI is InChI=1S/C34H48N2.Ni/c1-5-9-13-14-24-32-31(23-12-8-4)33(29-21-15-19-27(25-29)17-10-6-2)36(35)34(32)30-22-16-20-28(26-30)18-11-7-3;/h15-16,19-22,25-26H,5-14,17-18,23-24H2,1-4H3;. The summed E-state index contributed by atoms with van der Waals surface area (Å²) in [7, 11) is 0. The summed E-state index contributed by atoms with van der Waals surface area (Å²) in [6, 6.07) is 17.8. The molecule has 37 heavy (non-hydrogen) atoms. The van der Waals surface area contributed by atoms with Crippen molar-refractivity contribution in [3.8, 4) is 0 Å². The zero-order valence-electron chi connectivity index (χ0n) is 23.7. The predicted molar refractivity (Wildman–Crippen MR) is 156 cm³/mol. The Bertz CT molecular complexity index is 1060. The van der Waals surface area contributed by atoms with E-state index in [2.05, 4.69) is 76.2 Å². The Hall–Kier alpha value is -1.99. The van der Waals surface area contributed by atoms with Gasteiger partial charge in [0.25, 0.3) is 0 Å². The van der Waals surface area contributed by atoms with Crippen molar-refractivity contribution >= 4 is 11.4 Å². The van der Waals surface area contributed by atoms with Gasteiger partial charge in [0.1, 0.15) is 0 Å². The van der Waals surface area contributed by atoms with Gasteiger partial charge in [-0.05, 0) is 86.8 Å². The van der Waals surface area contributed by atoms with E-state index in [0.29, 0.717) is 0 Å². The smallest absolute Gasteiger partial charge is 0.211 e. The second-order valence-electron chi connectivity index (χ2n) is 10.5. The molecule has 0 saturated heterocycles. The van der Waals surface area contributed by atoms with Crippen molar-refractivity contribution in [1.82, 2.24) is 0 Å². The van der Waals surface area contributed by atoms with E-state index in [1.54, 1.807) is 4.70 Å². The number of unbranched alkanes of at least 4 members (excludes halogenated alkanes) is 6. The van der Waals surface area contributed by atoms with Crippen molar-refractivity contribution in [1.29, 1.82) is 0 Å². The Labute approximate surface area is 237 Å². The minimum absolute atomic E-state index is 0. The summed E-state index contributed by atoms with van der Waals surface area (Å²) in [4.78, 5) is 0. The van der Waals surface area contributed by atoms with Gasteiger partial charge >= 0.3 is 0 Å². The zero-order valence-corrected chi connectivity index (χ0v) is 24.7. The number of aryl methyl sites for hydroxylation is 2. The van der Waals surface area contributed by atoms with Crippen LogP contribution in [0.2, 0.25) is 0 Å². The van der Waals surface area contributed by atoms with Crippen LogP contribution >= 0.6 is 0 Å². The molecule has 204 valence electrons. The summed E-state index contributed by atoms with van der Waals surface area (Å²) < 4.78 is 1.55. The molecule has 0 unspecified atom stereocenters. The minimum atomic E-state index is 0. The van der Waals surface area contributed by atoms with Crippen molar-refractivity contribution < 1.29 is 21.2 Å². The Morgan fingerprint density at radius 1 is 0.541 bits per heavy atom. The largest absolute Gasteiger partial charge is 0.493 e. The fraction of sp³-hybridized carbons (Fsp3) is 0.529. The molecule has 0 fully saturated rings. The van der Waals surface area contributed by atoms with Crippen LogP contribution < -0.4 is 0 Å². The summed E-state index contributed by atoms with van der Waals surface area (Å²) in [6.45, 7) is 9.03.